The zero-order chi connectivity index (χ0) is 11.5. The van der Waals surface area contributed by atoms with Crippen LogP contribution in [-0.4, -0.2) is 31.0 Å². The van der Waals surface area contributed by atoms with E-state index in [1.54, 1.807) is 7.11 Å². The Morgan fingerprint density at radius 2 is 2.27 bits per heavy atom. The average molecular weight is 215 g/mol. The topological polar surface area (TPSA) is 55.5 Å². The Labute approximate surface area is 93.0 Å². The minimum Gasteiger partial charge on any atom is -0.387 e. The lowest BCUT2D eigenvalue weighted by Crippen LogP contribution is -2.53. The van der Waals surface area contributed by atoms with Crippen LogP contribution in [0.4, 0.5) is 0 Å². The minimum absolute atomic E-state index is 0.128. The molecule has 0 heterocycles. The van der Waals surface area contributed by atoms with Crippen molar-refractivity contribution in [2.45, 2.75) is 45.1 Å². The zero-order valence-electron chi connectivity index (χ0n) is 10.3. The van der Waals surface area contributed by atoms with Gasteiger partial charge in [-0.1, -0.05) is 20.3 Å². The highest BCUT2D eigenvalue weighted by Crippen LogP contribution is 2.49. The Morgan fingerprint density at radius 3 is 2.60 bits per heavy atom. The summed E-state index contributed by atoms with van der Waals surface area (Å²) < 4.78 is 5.17. The maximum absolute atomic E-state index is 10.7. The first kappa shape index (κ1) is 12.9. The van der Waals surface area contributed by atoms with E-state index in [0.717, 1.165) is 12.8 Å². The third kappa shape index (κ3) is 2.19. The van der Waals surface area contributed by atoms with Crippen LogP contribution in [0.3, 0.4) is 0 Å². The van der Waals surface area contributed by atoms with Crippen LogP contribution in [0.2, 0.25) is 0 Å². The second-order valence-electron chi connectivity index (χ2n) is 5.15. The van der Waals surface area contributed by atoms with Gasteiger partial charge < -0.3 is 15.6 Å². The Hall–Kier alpha value is -0.120. The summed E-state index contributed by atoms with van der Waals surface area (Å²) >= 11 is 0. The lowest BCUT2D eigenvalue weighted by Gasteiger charge is -2.44. The van der Waals surface area contributed by atoms with Gasteiger partial charge in [0.1, 0.15) is 0 Å². The van der Waals surface area contributed by atoms with Gasteiger partial charge in [0, 0.05) is 19.1 Å². The van der Waals surface area contributed by atoms with E-state index < -0.39 is 5.60 Å². The SMILES string of the molecule is CCC(O)(COC)C1(CN)CCC(C)C1. The second-order valence-corrected chi connectivity index (χ2v) is 5.15. The van der Waals surface area contributed by atoms with E-state index in [1.807, 2.05) is 6.92 Å². The van der Waals surface area contributed by atoms with Crippen molar-refractivity contribution < 1.29 is 9.84 Å². The molecule has 3 unspecified atom stereocenters. The van der Waals surface area contributed by atoms with Crippen molar-refractivity contribution in [3.05, 3.63) is 0 Å². The van der Waals surface area contributed by atoms with Crippen LogP contribution in [0, 0.1) is 11.3 Å². The fourth-order valence-electron chi connectivity index (χ4n) is 3.06. The number of rotatable bonds is 5. The molecule has 3 atom stereocenters. The van der Waals surface area contributed by atoms with Crippen molar-refractivity contribution in [3.63, 3.8) is 0 Å². The highest BCUT2D eigenvalue weighted by molar-refractivity contribution is 5.03. The van der Waals surface area contributed by atoms with E-state index in [9.17, 15) is 5.11 Å². The summed E-state index contributed by atoms with van der Waals surface area (Å²) in [6.45, 7) is 5.21. The van der Waals surface area contributed by atoms with Crippen molar-refractivity contribution in [1.82, 2.24) is 0 Å². The molecule has 3 heteroatoms. The third-order valence-electron chi connectivity index (χ3n) is 4.20. The molecule has 3 nitrogen and oxygen atoms in total. The van der Waals surface area contributed by atoms with E-state index in [-0.39, 0.29) is 5.41 Å². The van der Waals surface area contributed by atoms with Crippen LogP contribution in [0.25, 0.3) is 0 Å². The van der Waals surface area contributed by atoms with Crippen molar-refractivity contribution in [2.24, 2.45) is 17.1 Å². The predicted molar refractivity (Wildman–Crippen MR) is 61.6 cm³/mol. The van der Waals surface area contributed by atoms with Gasteiger partial charge in [0.2, 0.25) is 0 Å². The first-order valence-electron chi connectivity index (χ1n) is 5.95. The molecule has 3 N–H and O–H groups in total. The maximum atomic E-state index is 10.7. The summed E-state index contributed by atoms with van der Waals surface area (Å²) in [6, 6.07) is 0. The van der Waals surface area contributed by atoms with Gasteiger partial charge in [-0.3, -0.25) is 0 Å². The summed E-state index contributed by atoms with van der Waals surface area (Å²) in [5.41, 5.74) is 5.03. The number of aliphatic hydroxyl groups is 1. The third-order valence-corrected chi connectivity index (χ3v) is 4.20. The van der Waals surface area contributed by atoms with Crippen molar-refractivity contribution >= 4 is 0 Å². The Kier molecular flexibility index (Phi) is 4.15. The van der Waals surface area contributed by atoms with Crippen LogP contribution in [-0.2, 0) is 4.74 Å². The molecule has 0 amide bonds. The standard InChI is InChI=1S/C12H25NO2/c1-4-12(14,9-15-3)11(8-13)6-5-10(2)7-11/h10,14H,4-9,13H2,1-3H3. The molecule has 0 aromatic rings. The molecule has 1 aliphatic rings. The lowest BCUT2D eigenvalue weighted by atomic mass is 9.69. The molecule has 15 heavy (non-hydrogen) atoms. The second kappa shape index (κ2) is 4.81. The number of methoxy groups -OCH3 is 1. The van der Waals surface area contributed by atoms with Gasteiger partial charge in [0.15, 0.2) is 0 Å². The van der Waals surface area contributed by atoms with Crippen molar-refractivity contribution in [1.29, 1.82) is 0 Å². The lowest BCUT2D eigenvalue weighted by molar-refractivity contribution is -0.123. The van der Waals surface area contributed by atoms with E-state index in [4.69, 9.17) is 10.5 Å². The normalized spacial score (nSPS) is 35.4. The minimum atomic E-state index is -0.749. The number of hydrogen-bond acceptors (Lipinski definition) is 3. The molecular weight excluding hydrogens is 190 g/mol. The first-order chi connectivity index (χ1) is 7.03. The Balaban J connectivity index is 2.87. The van der Waals surface area contributed by atoms with E-state index in [0.29, 0.717) is 25.5 Å². The summed E-state index contributed by atoms with van der Waals surface area (Å²) in [6.07, 6.45) is 3.93. The van der Waals surface area contributed by atoms with Gasteiger partial charge in [-0.25, -0.2) is 0 Å². The van der Waals surface area contributed by atoms with Gasteiger partial charge in [0.05, 0.1) is 12.2 Å². The molecule has 90 valence electrons. The van der Waals surface area contributed by atoms with Gasteiger partial charge in [-0.2, -0.15) is 0 Å². The van der Waals surface area contributed by atoms with Crippen LogP contribution >= 0.6 is 0 Å². The van der Waals surface area contributed by atoms with Crippen molar-refractivity contribution in [3.8, 4) is 0 Å². The van der Waals surface area contributed by atoms with Gasteiger partial charge in [-0.05, 0) is 25.2 Å². The van der Waals surface area contributed by atoms with Crippen LogP contribution in [0.5, 0.6) is 0 Å². The molecule has 1 rings (SSSR count). The molecule has 0 saturated heterocycles. The predicted octanol–water partition coefficient (Wildman–Crippen LogP) is 1.54. The monoisotopic (exact) mass is 215 g/mol. The Morgan fingerprint density at radius 1 is 1.60 bits per heavy atom. The summed E-state index contributed by atoms with van der Waals surface area (Å²) in [5, 5.41) is 10.7. The van der Waals surface area contributed by atoms with E-state index in [2.05, 4.69) is 6.92 Å². The molecule has 0 radical (unpaired) electrons. The summed E-state index contributed by atoms with van der Waals surface area (Å²) in [4.78, 5) is 0. The maximum Gasteiger partial charge on any atom is 0.0945 e. The molecule has 1 aliphatic carbocycles. The summed E-state index contributed by atoms with van der Waals surface area (Å²) in [7, 11) is 1.64. The molecule has 0 aromatic heterocycles. The molecule has 1 fully saturated rings. The summed E-state index contributed by atoms with van der Waals surface area (Å²) in [5.74, 6) is 0.670. The van der Waals surface area contributed by atoms with Crippen molar-refractivity contribution in [2.75, 3.05) is 20.3 Å². The van der Waals surface area contributed by atoms with Crippen LogP contribution in [0.1, 0.15) is 39.5 Å². The molecule has 0 bridgehead atoms. The number of ether oxygens (including phenoxy) is 1. The van der Waals surface area contributed by atoms with Gasteiger partial charge in [-0.15, -0.1) is 0 Å². The fourth-order valence-corrected chi connectivity index (χ4v) is 3.06. The molecule has 0 aromatic carbocycles. The van der Waals surface area contributed by atoms with Gasteiger partial charge >= 0.3 is 0 Å². The molecular formula is C12H25NO2. The smallest absolute Gasteiger partial charge is 0.0945 e. The highest BCUT2D eigenvalue weighted by atomic mass is 16.5. The van der Waals surface area contributed by atoms with Crippen LogP contribution in [0.15, 0.2) is 0 Å². The van der Waals surface area contributed by atoms with Gasteiger partial charge in [0.25, 0.3) is 0 Å². The highest BCUT2D eigenvalue weighted by Gasteiger charge is 2.51. The van der Waals surface area contributed by atoms with E-state index in [1.165, 1.54) is 6.42 Å². The van der Waals surface area contributed by atoms with E-state index >= 15 is 0 Å². The molecule has 1 saturated carbocycles. The average Bonchev–Trinajstić information content (AvgIpc) is 2.62. The molecule has 0 spiro atoms. The fraction of sp³-hybridized carbons (Fsp3) is 1.00. The zero-order valence-corrected chi connectivity index (χ0v) is 10.3. The largest absolute Gasteiger partial charge is 0.387 e. The first-order valence-corrected chi connectivity index (χ1v) is 5.95. The quantitative estimate of drug-likeness (QED) is 0.731. The van der Waals surface area contributed by atoms with Crippen LogP contribution < -0.4 is 5.73 Å². The number of nitrogens with two attached hydrogens (primary N) is 1. The Bertz CT molecular complexity index is 210. The number of hydrogen-bond donors (Lipinski definition) is 2. The molecule has 0 aliphatic heterocycles.